The lowest BCUT2D eigenvalue weighted by Gasteiger charge is -2.08. The summed E-state index contributed by atoms with van der Waals surface area (Å²) in [6.07, 6.45) is -3.02. The summed E-state index contributed by atoms with van der Waals surface area (Å²) in [4.78, 5) is 10.7. The average Bonchev–Trinajstić information content (AvgIpc) is 2.46. The maximum Gasteiger partial charge on any atom is 0.416 e. The zero-order chi connectivity index (χ0) is 16.9. The second kappa shape index (κ2) is 7.17. The highest BCUT2D eigenvalue weighted by atomic mass is 19.4. The van der Waals surface area contributed by atoms with Gasteiger partial charge in [-0.3, -0.25) is 0 Å². The topological polar surface area (TPSA) is 52.3 Å². The molecule has 0 aromatic heterocycles. The minimum absolute atomic E-state index is 0.379. The molecule has 0 unspecified atom stereocenters. The number of alkyl halides is 3. The lowest BCUT2D eigenvalue weighted by Crippen LogP contribution is -2.16. The van der Waals surface area contributed by atoms with Crippen LogP contribution < -0.4 is 10.5 Å². The van der Waals surface area contributed by atoms with E-state index in [4.69, 9.17) is 10.5 Å². The fourth-order valence-electron chi connectivity index (χ4n) is 2.24. The van der Waals surface area contributed by atoms with Gasteiger partial charge < -0.3 is 10.5 Å². The summed E-state index contributed by atoms with van der Waals surface area (Å²) >= 11 is 0. The Morgan fingerprint density at radius 1 is 1.00 bits per heavy atom. The van der Waals surface area contributed by atoms with Crippen LogP contribution in [0.15, 0.2) is 48.5 Å². The van der Waals surface area contributed by atoms with Crippen LogP contribution in [0, 0.1) is 0 Å². The molecule has 0 radical (unpaired) electrons. The number of hydrogen-bond donors (Lipinski definition) is 1. The summed E-state index contributed by atoms with van der Waals surface area (Å²) in [6.45, 7) is 0. The summed E-state index contributed by atoms with van der Waals surface area (Å²) in [6, 6.07) is 12.2. The van der Waals surface area contributed by atoms with Crippen LogP contribution in [-0.4, -0.2) is 6.09 Å². The van der Waals surface area contributed by atoms with E-state index in [1.807, 2.05) is 6.07 Å². The Labute approximate surface area is 131 Å². The second-order valence-electron chi connectivity index (χ2n) is 5.12. The van der Waals surface area contributed by atoms with Crippen molar-refractivity contribution < 1.29 is 22.7 Å². The predicted octanol–water partition coefficient (Wildman–Crippen LogP) is 4.34. The minimum Gasteiger partial charge on any atom is -0.410 e. The van der Waals surface area contributed by atoms with Gasteiger partial charge in [0, 0.05) is 0 Å². The van der Waals surface area contributed by atoms with E-state index in [0.29, 0.717) is 12.2 Å². The summed E-state index contributed by atoms with van der Waals surface area (Å²) in [5, 5.41) is 0. The van der Waals surface area contributed by atoms with Crippen molar-refractivity contribution in [1.29, 1.82) is 0 Å². The van der Waals surface area contributed by atoms with Crippen LogP contribution >= 0.6 is 0 Å². The quantitative estimate of drug-likeness (QED) is 0.890. The number of halogens is 3. The Morgan fingerprint density at radius 3 is 2.26 bits per heavy atom. The zero-order valence-electron chi connectivity index (χ0n) is 12.3. The van der Waals surface area contributed by atoms with Crippen LogP contribution in [0.3, 0.4) is 0 Å². The predicted molar refractivity (Wildman–Crippen MR) is 80.1 cm³/mol. The SMILES string of the molecule is NC(=O)Oc1cccc(CCCc2ccc(C(F)(F)F)cc2)c1. The van der Waals surface area contributed by atoms with E-state index in [-0.39, 0.29) is 0 Å². The number of hydrogen-bond acceptors (Lipinski definition) is 2. The number of aryl methyl sites for hydroxylation is 2. The van der Waals surface area contributed by atoms with Gasteiger partial charge >= 0.3 is 12.3 Å². The first-order chi connectivity index (χ1) is 10.8. The molecule has 0 saturated carbocycles. The average molecular weight is 323 g/mol. The molecule has 2 aromatic rings. The number of ether oxygens (including phenoxy) is 1. The van der Waals surface area contributed by atoms with Crippen molar-refractivity contribution in [3.63, 3.8) is 0 Å². The molecule has 0 aliphatic heterocycles. The highest BCUT2D eigenvalue weighted by Crippen LogP contribution is 2.29. The summed E-state index contributed by atoms with van der Waals surface area (Å²) in [5.74, 6) is 0.379. The molecule has 122 valence electrons. The molecule has 0 aliphatic carbocycles. The van der Waals surface area contributed by atoms with E-state index in [1.54, 1.807) is 18.2 Å². The van der Waals surface area contributed by atoms with Crippen LogP contribution in [0.5, 0.6) is 5.75 Å². The number of carbonyl (C=O) groups excluding carboxylic acids is 1. The van der Waals surface area contributed by atoms with Crippen molar-refractivity contribution >= 4 is 6.09 Å². The van der Waals surface area contributed by atoms with Crippen LogP contribution in [0.25, 0.3) is 0 Å². The molecule has 0 heterocycles. The van der Waals surface area contributed by atoms with Crippen molar-refractivity contribution in [1.82, 2.24) is 0 Å². The highest BCUT2D eigenvalue weighted by molar-refractivity contribution is 5.68. The van der Waals surface area contributed by atoms with Gasteiger partial charge in [-0.1, -0.05) is 24.3 Å². The molecule has 0 aliphatic rings. The van der Waals surface area contributed by atoms with Crippen molar-refractivity contribution in [2.45, 2.75) is 25.4 Å². The van der Waals surface area contributed by atoms with E-state index >= 15 is 0 Å². The molecule has 0 atom stereocenters. The smallest absolute Gasteiger partial charge is 0.410 e. The van der Waals surface area contributed by atoms with Crippen LogP contribution in [0.4, 0.5) is 18.0 Å². The second-order valence-corrected chi connectivity index (χ2v) is 5.12. The Morgan fingerprint density at radius 2 is 1.65 bits per heavy atom. The number of rotatable bonds is 5. The molecule has 2 aromatic carbocycles. The van der Waals surface area contributed by atoms with E-state index < -0.39 is 17.8 Å². The van der Waals surface area contributed by atoms with Gasteiger partial charge in [-0.2, -0.15) is 13.2 Å². The Balaban J connectivity index is 1.88. The van der Waals surface area contributed by atoms with Crippen molar-refractivity contribution in [2.75, 3.05) is 0 Å². The first-order valence-corrected chi connectivity index (χ1v) is 7.07. The molecule has 0 bridgehead atoms. The molecule has 1 amide bonds. The largest absolute Gasteiger partial charge is 0.416 e. The lowest BCUT2D eigenvalue weighted by atomic mass is 10.0. The molecular formula is C17H16F3NO2. The molecular weight excluding hydrogens is 307 g/mol. The van der Waals surface area contributed by atoms with Gasteiger partial charge in [0.15, 0.2) is 0 Å². The maximum atomic E-state index is 12.5. The van der Waals surface area contributed by atoms with E-state index in [2.05, 4.69) is 0 Å². The monoisotopic (exact) mass is 323 g/mol. The normalized spacial score (nSPS) is 11.3. The number of amides is 1. The van der Waals surface area contributed by atoms with Gasteiger partial charge in [0.1, 0.15) is 5.75 Å². The zero-order valence-corrected chi connectivity index (χ0v) is 12.3. The fraction of sp³-hybridized carbons (Fsp3) is 0.235. The van der Waals surface area contributed by atoms with E-state index in [1.165, 1.54) is 12.1 Å². The van der Waals surface area contributed by atoms with Gasteiger partial charge in [-0.15, -0.1) is 0 Å². The number of carbonyl (C=O) groups is 1. The Kier molecular flexibility index (Phi) is 5.26. The molecule has 2 rings (SSSR count). The number of benzene rings is 2. The molecule has 6 heteroatoms. The van der Waals surface area contributed by atoms with Crippen LogP contribution in [0.2, 0.25) is 0 Å². The third-order valence-electron chi connectivity index (χ3n) is 3.33. The molecule has 23 heavy (non-hydrogen) atoms. The summed E-state index contributed by atoms with van der Waals surface area (Å²) in [5.41, 5.74) is 6.13. The Hall–Kier alpha value is -2.50. The summed E-state index contributed by atoms with van der Waals surface area (Å²) < 4.78 is 42.2. The van der Waals surface area contributed by atoms with Crippen LogP contribution in [0.1, 0.15) is 23.1 Å². The fourth-order valence-corrected chi connectivity index (χ4v) is 2.24. The molecule has 0 spiro atoms. The maximum absolute atomic E-state index is 12.5. The number of primary amides is 1. The first-order valence-electron chi connectivity index (χ1n) is 7.07. The lowest BCUT2D eigenvalue weighted by molar-refractivity contribution is -0.137. The molecule has 0 fully saturated rings. The van der Waals surface area contributed by atoms with E-state index in [9.17, 15) is 18.0 Å². The summed E-state index contributed by atoms with van der Waals surface area (Å²) in [7, 11) is 0. The van der Waals surface area contributed by atoms with Gasteiger partial charge in [0.05, 0.1) is 5.56 Å². The molecule has 2 N–H and O–H groups in total. The third kappa shape index (κ3) is 5.32. The van der Waals surface area contributed by atoms with Gasteiger partial charge in [-0.05, 0) is 54.7 Å². The first kappa shape index (κ1) is 16.9. The molecule has 3 nitrogen and oxygen atoms in total. The van der Waals surface area contributed by atoms with Crippen LogP contribution in [-0.2, 0) is 19.0 Å². The van der Waals surface area contributed by atoms with Gasteiger partial charge in [-0.25, -0.2) is 4.79 Å². The van der Waals surface area contributed by atoms with Gasteiger partial charge in [0.2, 0.25) is 0 Å². The number of nitrogens with two attached hydrogens (primary N) is 1. The standard InChI is InChI=1S/C17H16F3NO2/c18-17(19,20)14-9-7-12(8-10-14)3-1-4-13-5-2-6-15(11-13)23-16(21)22/h2,5-11H,1,3-4H2,(H2,21,22). The van der Waals surface area contributed by atoms with Crippen molar-refractivity contribution in [3.8, 4) is 5.75 Å². The van der Waals surface area contributed by atoms with E-state index in [0.717, 1.165) is 36.1 Å². The third-order valence-corrected chi connectivity index (χ3v) is 3.33. The van der Waals surface area contributed by atoms with Crippen molar-refractivity contribution in [3.05, 3.63) is 65.2 Å². The molecule has 0 saturated heterocycles. The highest BCUT2D eigenvalue weighted by Gasteiger charge is 2.29. The minimum atomic E-state index is -4.31. The Bertz CT molecular complexity index is 666. The van der Waals surface area contributed by atoms with Crippen molar-refractivity contribution in [2.24, 2.45) is 5.73 Å². The van der Waals surface area contributed by atoms with Gasteiger partial charge in [0.25, 0.3) is 0 Å².